The van der Waals surface area contributed by atoms with Gasteiger partial charge in [-0.2, -0.15) is 0 Å². The lowest BCUT2D eigenvalue weighted by molar-refractivity contribution is 0.106. The van der Waals surface area contributed by atoms with Gasteiger partial charge in [0.2, 0.25) is 0 Å². The van der Waals surface area contributed by atoms with E-state index in [1.807, 2.05) is 6.07 Å². The lowest BCUT2D eigenvalue weighted by Crippen LogP contribution is -2.18. The maximum absolute atomic E-state index is 5.93. The lowest BCUT2D eigenvalue weighted by Gasteiger charge is -2.23. The van der Waals surface area contributed by atoms with Gasteiger partial charge in [-0.1, -0.05) is 55.7 Å². The van der Waals surface area contributed by atoms with Crippen LogP contribution in [0.15, 0.2) is 48.2 Å². The van der Waals surface area contributed by atoms with Crippen molar-refractivity contribution in [2.75, 3.05) is 7.11 Å². The SMILES string of the molecule is COc1ccc2c(c1)COCc1ccccc1/C2=C\[Si](C)(C)C. The summed E-state index contributed by atoms with van der Waals surface area (Å²) in [6.45, 7) is 8.39. The van der Waals surface area contributed by atoms with Crippen LogP contribution in [0, 0.1) is 0 Å². The summed E-state index contributed by atoms with van der Waals surface area (Å²) in [6.07, 6.45) is 0. The van der Waals surface area contributed by atoms with Crippen LogP contribution in [-0.2, 0) is 18.0 Å². The fraction of sp³-hybridized carbons (Fsp3) is 0.300. The van der Waals surface area contributed by atoms with E-state index in [2.05, 4.69) is 61.7 Å². The second-order valence-corrected chi connectivity index (χ2v) is 12.1. The fourth-order valence-corrected chi connectivity index (χ4v) is 4.17. The van der Waals surface area contributed by atoms with E-state index in [0.29, 0.717) is 13.2 Å². The number of hydrogen-bond donors (Lipinski definition) is 0. The van der Waals surface area contributed by atoms with Crippen molar-refractivity contribution in [2.45, 2.75) is 32.9 Å². The van der Waals surface area contributed by atoms with Crippen LogP contribution in [0.25, 0.3) is 5.57 Å². The minimum Gasteiger partial charge on any atom is -0.497 e. The Labute approximate surface area is 139 Å². The summed E-state index contributed by atoms with van der Waals surface area (Å²) in [7, 11) is 0.332. The molecule has 0 amide bonds. The predicted molar refractivity (Wildman–Crippen MR) is 98.4 cm³/mol. The van der Waals surface area contributed by atoms with Crippen molar-refractivity contribution >= 4 is 13.6 Å². The molecule has 1 heterocycles. The molecule has 2 aromatic carbocycles. The average molecular weight is 324 g/mol. The summed E-state index contributed by atoms with van der Waals surface area (Å²) >= 11 is 0. The topological polar surface area (TPSA) is 18.5 Å². The number of rotatable bonds is 2. The van der Waals surface area contributed by atoms with Gasteiger partial charge in [-0.3, -0.25) is 0 Å². The summed E-state index contributed by atoms with van der Waals surface area (Å²) in [6, 6.07) is 14.9. The first-order valence-corrected chi connectivity index (χ1v) is 11.6. The Bertz CT molecular complexity index is 742. The first kappa shape index (κ1) is 16.0. The van der Waals surface area contributed by atoms with Crippen LogP contribution in [0.2, 0.25) is 19.6 Å². The quantitative estimate of drug-likeness (QED) is 0.721. The van der Waals surface area contributed by atoms with Crippen molar-refractivity contribution in [1.29, 1.82) is 0 Å². The van der Waals surface area contributed by atoms with E-state index in [-0.39, 0.29) is 0 Å². The zero-order valence-corrected chi connectivity index (χ0v) is 15.3. The van der Waals surface area contributed by atoms with Crippen molar-refractivity contribution in [3.05, 3.63) is 70.4 Å². The molecule has 3 rings (SSSR count). The second kappa shape index (κ2) is 6.34. The smallest absolute Gasteiger partial charge is 0.119 e. The van der Waals surface area contributed by atoms with Crippen molar-refractivity contribution in [3.8, 4) is 5.75 Å². The van der Waals surface area contributed by atoms with Gasteiger partial charge >= 0.3 is 0 Å². The molecule has 0 N–H and O–H groups in total. The average Bonchev–Trinajstić information content (AvgIpc) is 2.51. The van der Waals surface area contributed by atoms with E-state index in [4.69, 9.17) is 9.47 Å². The molecule has 0 unspecified atom stereocenters. The normalized spacial score (nSPS) is 16.3. The van der Waals surface area contributed by atoms with Crippen molar-refractivity contribution in [3.63, 3.8) is 0 Å². The van der Waals surface area contributed by atoms with E-state index in [0.717, 1.165) is 5.75 Å². The van der Waals surface area contributed by atoms with E-state index in [1.165, 1.54) is 27.8 Å². The van der Waals surface area contributed by atoms with Crippen LogP contribution in [0.5, 0.6) is 5.75 Å². The Hall–Kier alpha value is -1.84. The molecule has 0 atom stereocenters. The van der Waals surface area contributed by atoms with Gasteiger partial charge in [0.15, 0.2) is 0 Å². The highest BCUT2D eigenvalue weighted by atomic mass is 28.3. The molecule has 0 radical (unpaired) electrons. The van der Waals surface area contributed by atoms with Gasteiger partial charge < -0.3 is 9.47 Å². The number of methoxy groups -OCH3 is 1. The van der Waals surface area contributed by atoms with Gasteiger partial charge in [0.05, 0.1) is 28.4 Å². The van der Waals surface area contributed by atoms with Crippen molar-refractivity contribution in [2.24, 2.45) is 0 Å². The Morgan fingerprint density at radius 1 is 0.957 bits per heavy atom. The zero-order chi connectivity index (χ0) is 16.4. The van der Waals surface area contributed by atoms with Crippen molar-refractivity contribution < 1.29 is 9.47 Å². The largest absolute Gasteiger partial charge is 0.497 e. The Morgan fingerprint density at radius 3 is 2.39 bits per heavy atom. The van der Waals surface area contributed by atoms with Crippen LogP contribution in [0.1, 0.15) is 22.3 Å². The summed E-state index contributed by atoms with van der Waals surface area (Å²) < 4.78 is 11.3. The summed E-state index contributed by atoms with van der Waals surface area (Å²) in [4.78, 5) is 0. The van der Waals surface area contributed by atoms with E-state index in [9.17, 15) is 0 Å². The molecule has 2 nitrogen and oxygen atoms in total. The van der Waals surface area contributed by atoms with Crippen LogP contribution in [0.3, 0.4) is 0 Å². The standard InChI is InChI=1S/C20H24O2Si/c1-21-17-9-10-19-16(11-17)13-22-12-15-7-5-6-8-18(15)20(19)14-23(2,3)4/h5-11,14H,12-13H2,1-4H3/b20-14+. The maximum Gasteiger partial charge on any atom is 0.119 e. The molecule has 2 aromatic rings. The van der Waals surface area contributed by atoms with E-state index < -0.39 is 8.07 Å². The fourth-order valence-electron chi connectivity index (χ4n) is 2.99. The molecular weight excluding hydrogens is 300 g/mol. The summed E-state index contributed by atoms with van der Waals surface area (Å²) in [5, 5.41) is 0. The molecule has 0 bridgehead atoms. The number of benzene rings is 2. The van der Waals surface area contributed by atoms with E-state index >= 15 is 0 Å². The minimum atomic E-state index is -1.38. The summed E-state index contributed by atoms with van der Waals surface area (Å²) in [5.74, 6) is 0.883. The minimum absolute atomic E-state index is 0.615. The summed E-state index contributed by atoms with van der Waals surface area (Å²) in [5.41, 5.74) is 8.87. The molecule has 0 spiro atoms. The van der Waals surface area contributed by atoms with Gasteiger partial charge in [0.1, 0.15) is 5.75 Å². The van der Waals surface area contributed by atoms with Crippen LogP contribution >= 0.6 is 0 Å². The molecule has 1 aliphatic heterocycles. The predicted octanol–water partition coefficient (Wildman–Crippen LogP) is 5.03. The van der Waals surface area contributed by atoms with Crippen molar-refractivity contribution in [1.82, 2.24) is 0 Å². The van der Waals surface area contributed by atoms with Gasteiger partial charge in [-0.25, -0.2) is 0 Å². The highest BCUT2D eigenvalue weighted by Crippen LogP contribution is 2.34. The Balaban J connectivity index is 2.25. The maximum atomic E-state index is 5.93. The number of fused-ring (bicyclic) bond motifs is 2. The second-order valence-electron chi connectivity index (χ2n) is 7.10. The highest BCUT2D eigenvalue weighted by molar-refractivity contribution is 6.81. The lowest BCUT2D eigenvalue weighted by atomic mass is 9.91. The van der Waals surface area contributed by atoms with Gasteiger partial charge in [-0.15, -0.1) is 0 Å². The third-order valence-corrected chi connectivity index (χ3v) is 5.16. The highest BCUT2D eigenvalue weighted by Gasteiger charge is 2.20. The first-order chi connectivity index (χ1) is 11.0. The monoisotopic (exact) mass is 324 g/mol. The molecule has 120 valence electrons. The van der Waals surface area contributed by atoms with Gasteiger partial charge in [0.25, 0.3) is 0 Å². The Morgan fingerprint density at radius 2 is 1.65 bits per heavy atom. The van der Waals surface area contributed by atoms with Gasteiger partial charge in [0, 0.05) is 0 Å². The zero-order valence-electron chi connectivity index (χ0n) is 14.3. The molecule has 0 fully saturated rings. The molecule has 0 aliphatic carbocycles. The molecule has 1 aliphatic rings. The molecule has 0 saturated carbocycles. The molecule has 3 heteroatoms. The van der Waals surface area contributed by atoms with Crippen LogP contribution < -0.4 is 4.74 Å². The van der Waals surface area contributed by atoms with Crippen LogP contribution in [0.4, 0.5) is 0 Å². The number of ether oxygens (including phenoxy) is 2. The molecule has 0 aromatic heterocycles. The first-order valence-electron chi connectivity index (χ1n) is 8.04. The molecule has 23 heavy (non-hydrogen) atoms. The third-order valence-electron chi connectivity index (χ3n) is 4.00. The number of hydrogen-bond acceptors (Lipinski definition) is 2. The van der Waals surface area contributed by atoms with Gasteiger partial charge in [-0.05, 0) is 40.0 Å². The molecule has 0 saturated heterocycles. The molecular formula is C20H24O2Si. The van der Waals surface area contributed by atoms with Crippen LogP contribution in [-0.4, -0.2) is 15.2 Å². The Kier molecular flexibility index (Phi) is 4.42. The third kappa shape index (κ3) is 3.57. The van der Waals surface area contributed by atoms with E-state index in [1.54, 1.807) is 7.11 Å².